The number of carbonyl (C=O) groups is 2. The molecular weight excluding hydrogens is 366 g/mol. The Morgan fingerprint density at radius 1 is 1.14 bits per heavy atom. The first-order chi connectivity index (χ1) is 13.3. The topological polar surface area (TPSA) is 152 Å². The molecule has 0 aliphatic carbocycles. The molecule has 0 heterocycles. The van der Waals surface area contributed by atoms with Crippen molar-refractivity contribution in [3.63, 3.8) is 0 Å². The second-order valence-corrected chi connectivity index (χ2v) is 5.89. The smallest absolute Gasteiger partial charge is 0.341 e. The number of nitrogens with one attached hydrogen (secondary N) is 3. The lowest BCUT2D eigenvalue weighted by atomic mass is 10.0. The summed E-state index contributed by atoms with van der Waals surface area (Å²) in [6, 6.07) is 10.0. The zero-order chi connectivity index (χ0) is 20.7. The van der Waals surface area contributed by atoms with Gasteiger partial charge in [-0.05, 0) is 48.4 Å². The Morgan fingerprint density at radius 2 is 1.82 bits per heavy atom. The van der Waals surface area contributed by atoms with Crippen LogP contribution >= 0.6 is 0 Å². The number of anilines is 1. The van der Waals surface area contributed by atoms with E-state index >= 15 is 0 Å². The van der Waals surface area contributed by atoms with Crippen LogP contribution in [0.3, 0.4) is 0 Å². The normalized spacial score (nSPS) is 11.4. The van der Waals surface area contributed by atoms with Gasteiger partial charge in [0.05, 0.1) is 0 Å². The Hall–Kier alpha value is -3.59. The van der Waals surface area contributed by atoms with E-state index in [2.05, 4.69) is 5.32 Å². The van der Waals surface area contributed by atoms with Crippen LogP contribution in [0.4, 0.5) is 5.69 Å². The van der Waals surface area contributed by atoms with Crippen molar-refractivity contribution < 1.29 is 29.7 Å². The minimum atomic E-state index is -1.18. The second kappa shape index (κ2) is 9.38. The molecule has 0 radical (unpaired) electrons. The third-order valence-corrected chi connectivity index (χ3v) is 3.99. The van der Waals surface area contributed by atoms with Gasteiger partial charge in [0.2, 0.25) is 0 Å². The van der Waals surface area contributed by atoms with Crippen LogP contribution in [0.15, 0.2) is 42.5 Å². The number of hydrogen-bond acceptors (Lipinski definition) is 6. The zero-order valence-corrected chi connectivity index (χ0v) is 15.1. The fraction of sp³-hybridized carbons (Fsp3) is 0.211. The van der Waals surface area contributed by atoms with Crippen LogP contribution in [-0.2, 0) is 16.0 Å². The molecule has 0 saturated carbocycles. The standard InChI is InChI=1S/C19H21N3O6/c1-2-11-3-8-15(28-10-16(23)24)14(9-11)17(19(25)26)21-13-6-4-12(5-7-13)18(20)22-27/h3-9,17,21,27H,2,10H2,1H3,(H2,20,22)(H,23,24)(H,25,26). The van der Waals surface area contributed by atoms with E-state index in [0.717, 1.165) is 5.56 Å². The molecule has 28 heavy (non-hydrogen) atoms. The number of carboxylic acids is 2. The second-order valence-electron chi connectivity index (χ2n) is 5.89. The molecule has 148 valence electrons. The molecule has 0 saturated heterocycles. The Morgan fingerprint density at radius 3 is 2.36 bits per heavy atom. The Bertz CT molecular complexity index is 866. The lowest BCUT2D eigenvalue weighted by molar-refractivity contribution is -0.139. The van der Waals surface area contributed by atoms with Crippen molar-refractivity contribution in [3.8, 4) is 5.75 Å². The summed E-state index contributed by atoms with van der Waals surface area (Å²) in [6.07, 6.45) is 0.670. The molecule has 0 aliphatic heterocycles. The van der Waals surface area contributed by atoms with Gasteiger partial charge in [0.1, 0.15) is 11.6 Å². The summed E-state index contributed by atoms with van der Waals surface area (Å²) in [5, 5.41) is 37.7. The van der Waals surface area contributed by atoms with Crippen molar-refractivity contribution >= 4 is 23.5 Å². The molecule has 2 rings (SSSR count). The first-order valence-corrected chi connectivity index (χ1v) is 8.41. The van der Waals surface area contributed by atoms with Gasteiger partial charge >= 0.3 is 11.9 Å². The SMILES string of the molecule is CCc1ccc(OCC(=O)O)c(C(Nc2ccc(C(=N)NO)cc2)C(=O)O)c1. The maximum absolute atomic E-state index is 11.9. The average molecular weight is 387 g/mol. The first kappa shape index (κ1) is 20.7. The highest BCUT2D eigenvalue weighted by atomic mass is 16.5. The lowest BCUT2D eigenvalue weighted by Gasteiger charge is -2.20. The predicted molar refractivity (Wildman–Crippen MR) is 101 cm³/mol. The van der Waals surface area contributed by atoms with Gasteiger partial charge in [0.25, 0.3) is 0 Å². The molecule has 1 unspecified atom stereocenters. The van der Waals surface area contributed by atoms with Gasteiger partial charge in [0, 0.05) is 16.8 Å². The van der Waals surface area contributed by atoms with E-state index in [1.54, 1.807) is 35.8 Å². The molecule has 0 amide bonds. The molecule has 0 aliphatic rings. The summed E-state index contributed by atoms with van der Waals surface area (Å²) in [5.74, 6) is -2.35. The summed E-state index contributed by atoms with van der Waals surface area (Å²) in [6.45, 7) is 1.33. The van der Waals surface area contributed by atoms with Gasteiger partial charge in [-0.25, -0.2) is 9.59 Å². The van der Waals surface area contributed by atoms with Crippen LogP contribution in [-0.4, -0.2) is 39.8 Å². The molecule has 0 bridgehead atoms. The number of aliphatic carboxylic acids is 2. The van der Waals surface area contributed by atoms with Crippen LogP contribution in [0.5, 0.6) is 5.75 Å². The number of aryl methyl sites for hydroxylation is 1. The average Bonchev–Trinajstić information content (AvgIpc) is 2.70. The summed E-state index contributed by atoms with van der Waals surface area (Å²) < 4.78 is 5.26. The fourth-order valence-corrected chi connectivity index (χ4v) is 2.55. The Labute approximate surface area is 161 Å². The van der Waals surface area contributed by atoms with Gasteiger partial charge in [-0.3, -0.25) is 16.1 Å². The number of amidine groups is 1. The molecule has 0 aromatic heterocycles. The third kappa shape index (κ3) is 5.21. The molecule has 9 nitrogen and oxygen atoms in total. The van der Waals surface area contributed by atoms with Gasteiger partial charge in [0.15, 0.2) is 12.6 Å². The minimum absolute atomic E-state index is 0.169. The number of hydroxylamine groups is 1. The van der Waals surface area contributed by atoms with E-state index in [0.29, 0.717) is 23.2 Å². The van der Waals surface area contributed by atoms with Crippen LogP contribution in [0.25, 0.3) is 0 Å². The predicted octanol–water partition coefficient (Wildman–Crippen LogP) is 2.25. The van der Waals surface area contributed by atoms with E-state index in [4.69, 9.17) is 20.5 Å². The van der Waals surface area contributed by atoms with Crippen molar-refractivity contribution in [2.45, 2.75) is 19.4 Å². The molecule has 0 fully saturated rings. The maximum Gasteiger partial charge on any atom is 0.341 e. The highest BCUT2D eigenvalue weighted by Crippen LogP contribution is 2.30. The number of benzene rings is 2. The van der Waals surface area contributed by atoms with Crippen molar-refractivity contribution in [2.75, 3.05) is 11.9 Å². The third-order valence-electron chi connectivity index (χ3n) is 3.99. The highest BCUT2D eigenvalue weighted by molar-refractivity contribution is 5.95. The number of rotatable bonds is 9. The largest absolute Gasteiger partial charge is 0.482 e. The number of ether oxygens (including phenoxy) is 1. The highest BCUT2D eigenvalue weighted by Gasteiger charge is 2.24. The summed E-state index contributed by atoms with van der Waals surface area (Å²) in [7, 11) is 0. The quantitative estimate of drug-likeness (QED) is 0.218. The molecule has 2 aromatic rings. The minimum Gasteiger partial charge on any atom is -0.482 e. The van der Waals surface area contributed by atoms with Crippen LogP contribution in [0.2, 0.25) is 0 Å². The van der Waals surface area contributed by atoms with Gasteiger partial charge in [-0.1, -0.05) is 13.0 Å². The zero-order valence-electron chi connectivity index (χ0n) is 15.1. The lowest BCUT2D eigenvalue weighted by Crippen LogP contribution is -2.22. The van der Waals surface area contributed by atoms with Gasteiger partial charge < -0.3 is 20.3 Å². The van der Waals surface area contributed by atoms with Crippen LogP contribution < -0.4 is 15.5 Å². The van der Waals surface area contributed by atoms with Gasteiger partial charge in [-0.15, -0.1) is 0 Å². The van der Waals surface area contributed by atoms with Crippen molar-refractivity contribution in [2.24, 2.45) is 0 Å². The summed E-state index contributed by atoms with van der Waals surface area (Å²) in [4.78, 5) is 22.7. The summed E-state index contributed by atoms with van der Waals surface area (Å²) in [5.41, 5.74) is 3.80. The maximum atomic E-state index is 11.9. The molecule has 2 aromatic carbocycles. The Kier molecular flexibility index (Phi) is 6.94. The first-order valence-electron chi connectivity index (χ1n) is 8.41. The van der Waals surface area contributed by atoms with Crippen LogP contribution in [0, 0.1) is 5.41 Å². The van der Waals surface area contributed by atoms with Crippen molar-refractivity contribution in [3.05, 3.63) is 59.2 Å². The Balaban J connectivity index is 2.35. The van der Waals surface area contributed by atoms with Crippen LogP contribution in [0.1, 0.15) is 29.7 Å². The van der Waals surface area contributed by atoms with Gasteiger partial charge in [-0.2, -0.15) is 0 Å². The van der Waals surface area contributed by atoms with E-state index in [1.807, 2.05) is 6.92 Å². The fourth-order valence-electron chi connectivity index (χ4n) is 2.55. The van der Waals surface area contributed by atoms with E-state index in [9.17, 15) is 14.7 Å². The van der Waals surface area contributed by atoms with E-state index in [1.165, 1.54) is 12.1 Å². The monoisotopic (exact) mass is 387 g/mol. The molecule has 9 heteroatoms. The molecule has 1 atom stereocenters. The van der Waals surface area contributed by atoms with Crippen molar-refractivity contribution in [1.29, 1.82) is 5.41 Å². The van der Waals surface area contributed by atoms with E-state index in [-0.39, 0.29) is 11.6 Å². The number of hydrogen-bond donors (Lipinski definition) is 6. The number of carboxylic acid groups (broad SMARTS) is 2. The van der Waals surface area contributed by atoms with Crippen molar-refractivity contribution in [1.82, 2.24) is 5.48 Å². The molecular formula is C19H21N3O6. The summed E-state index contributed by atoms with van der Waals surface area (Å²) >= 11 is 0. The van der Waals surface area contributed by atoms with E-state index < -0.39 is 24.6 Å². The molecule has 0 spiro atoms. The molecule has 6 N–H and O–H groups in total.